The highest BCUT2D eigenvalue weighted by Gasteiger charge is 2.38. The van der Waals surface area contributed by atoms with Gasteiger partial charge in [0.15, 0.2) is 0 Å². The predicted molar refractivity (Wildman–Crippen MR) is 50.0 cm³/mol. The Morgan fingerprint density at radius 1 is 1.58 bits per heavy atom. The molecule has 2 heteroatoms. The molecule has 1 aliphatic heterocycles. The van der Waals surface area contributed by atoms with E-state index in [4.69, 9.17) is 0 Å². The van der Waals surface area contributed by atoms with Crippen LogP contribution in [0.3, 0.4) is 0 Å². The number of rotatable bonds is 2. The van der Waals surface area contributed by atoms with Crippen LogP contribution in [0.4, 0.5) is 0 Å². The van der Waals surface area contributed by atoms with Gasteiger partial charge in [-0.25, -0.2) is 0 Å². The minimum absolute atomic E-state index is 0.185. The maximum absolute atomic E-state index is 11.3. The highest BCUT2D eigenvalue weighted by Crippen LogP contribution is 2.31. The zero-order chi connectivity index (χ0) is 9.30. The van der Waals surface area contributed by atoms with Crippen LogP contribution >= 0.6 is 0 Å². The molecule has 1 aliphatic rings. The number of Topliss-reactive ketones (excluding diaryl/α,β-unsaturated/α-hetero) is 1. The Hall–Kier alpha value is -0.370. The minimum atomic E-state index is 0.185. The summed E-state index contributed by atoms with van der Waals surface area (Å²) < 4.78 is 0. The minimum Gasteiger partial charge on any atom is -0.298 e. The van der Waals surface area contributed by atoms with Crippen LogP contribution in [0, 0.1) is 11.8 Å². The number of ketones is 1. The molecule has 0 aliphatic carbocycles. The standard InChI is InChI=1S/C10H19NO/c1-5-9-7(2)6-11(4)10(9)8(3)12/h7,9-10H,5-6H2,1-4H3. The molecule has 1 fully saturated rings. The third kappa shape index (κ3) is 1.53. The smallest absolute Gasteiger partial charge is 0.147 e. The van der Waals surface area contributed by atoms with E-state index in [0.717, 1.165) is 13.0 Å². The van der Waals surface area contributed by atoms with E-state index in [1.807, 2.05) is 0 Å². The number of hydrogen-bond donors (Lipinski definition) is 0. The Kier molecular flexibility index (Phi) is 2.89. The Bertz CT molecular complexity index is 179. The summed E-state index contributed by atoms with van der Waals surface area (Å²) in [4.78, 5) is 13.5. The van der Waals surface area contributed by atoms with Gasteiger partial charge in [-0.05, 0) is 25.8 Å². The van der Waals surface area contributed by atoms with Gasteiger partial charge in [0.1, 0.15) is 5.78 Å². The lowest BCUT2D eigenvalue weighted by molar-refractivity contribution is -0.122. The van der Waals surface area contributed by atoms with Gasteiger partial charge in [-0.15, -0.1) is 0 Å². The summed E-state index contributed by atoms with van der Waals surface area (Å²) >= 11 is 0. The average Bonchev–Trinajstić information content (AvgIpc) is 2.24. The van der Waals surface area contributed by atoms with Gasteiger partial charge in [0.25, 0.3) is 0 Å². The fourth-order valence-corrected chi connectivity index (χ4v) is 2.58. The first-order valence-electron chi connectivity index (χ1n) is 4.78. The molecule has 0 amide bonds. The molecule has 0 aromatic carbocycles. The van der Waals surface area contributed by atoms with Crippen LogP contribution in [0.25, 0.3) is 0 Å². The number of likely N-dealkylation sites (tertiary alicyclic amines) is 1. The number of nitrogens with zero attached hydrogens (tertiary/aromatic N) is 1. The number of hydrogen-bond acceptors (Lipinski definition) is 2. The zero-order valence-corrected chi connectivity index (χ0v) is 8.50. The van der Waals surface area contributed by atoms with E-state index in [9.17, 15) is 4.79 Å². The van der Waals surface area contributed by atoms with Crippen molar-refractivity contribution in [2.75, 3.05) is 13.6 Å². The van der Waals surface area contributed by atoms with Gasteiger partial charge in [0.05, 0.1) is 6.04 Å². The average molecular weight is 169 g/mol. The molecule has 1 heterocycles. The van der Waals surface area contributed by atoms with Gasteiger partial charge >= 0.3 is 0 Å². The summed E-state index contributed by atoms with van der Waals surface area (Å²) in [5, 5.41) is 0. The summed E-state index contributed by atoms with van der Waals surface area (Å²) in [6.45, 7) is 7.20. The molecular weight excluding hydrogens is 150 g/mol. The van der Waals surface area contributed by atoms with Crippen LogP contribution in [-0.4, -0.2) is 30.3 Å². The van der Waals surface area contributed by atoms with E-state index in [1.54, 1.807) is 6.92 Å². The topological polar surface area (TPSA) is 20.3 Å². The third-order valence-electron chi connectivity index (χ3n) is 3.08. The monoisotopic (exact) mass is 169 g/mol. The summed E-state index contributed by atoms with van der Waals surface area (Å²) in [5.74, 6) is 1.58. The van der Waals surface area contributed by atoms with Crippen molar-refractivity contribution in [1.29, 1.82) is 0 Å². The van der Waals surface area contributed by atoms with E-state index in [2.05, 4.69) is 25.8 Å². The maximum atomic E-state index is 11.3. The van der Waals surface area contributed by atoms with Crippen LogP contribution in [0.1, 0.15) is 27.2 Å². The van der Waals surface area contributed by atoms with E-state index >= 15 is 0 Å². The highest BCUT2D eigenvalue weighted by molar-refractivity contribution is 5.82. The first kappa shape index (κ1) is 9.72. The molecule has 3 unspecified atom stereocenters. The van der Waals surface area contributed by atoms with E-state index < -0.39 is 0 Å². The summed E-state index contributed by atoms with van der Waals surface area (Å²) in [6, 6.07) is 0.185. The molecule has 2 nitrogen and oxygen atoms in total. The number of likely N-dealkylation sites (N-methyl/N-ethyl adjacent to an activating group) is 1. The first-order chi connectivity index (χ1) is 5.57. The Morgan fingerprint density at radius 2 is 2.17 bits per heavy atom. The van der Waals surface area contributed by atoms with Crippen molar-refractivity contribution in [2.24, 2.45) is 11.8 Å². The Morgan fingerprint density at radius 3 is 2.50 bits per heavy atom. The first-order valence-corrected chi connectivity index (χ1v) is 4.78. The largest absolute Gasteiger partial charge is 0.298 e. The lowest BCUT2D eigenvalue weighted by atomic mass is 9.88. The summed E-state index contributed by atoms with van der Waals surface area (Å²) in [5.41, 5.74) is 0. The summed E-state index contributed by atoms with van der Waals surface area (Å²) in [6.07, 6.45) is 1.12. The molecule has 0 saturated carbocycles. The van der Waals surface area contributed by atoms with Gasteiger partial charge in [-0.1, -0.05) is 20.3 Å². The van der Waals surface area contributed by atoms with Crippen LogP contribution < -0.4 is 0 Å². The molecule has 1 saturated heterocycles. The van der Waals surface area contributed by atoms with Crippen molar-refractivity contribution in [3.63, 3.8) is 0 Å². The van der Waals surface area contributed by atoms with Crippen molar-refractivity contribution in [1.82, 2.24) is 4.90 Å². The molecule has 0 N–H and O–H groups in total. The maximum Gasteiger partial charge on any atom is 0.147 e. The zero-order valence-electron chi connectivity index (χ0n) is 8.50. The third-order valence-corrected chi connectivity index (χ3v) is 3.08. The van der Waals surface area contributed by atoms with Crippen LogP contribution in [-0.2, 0) is 4.79 Å². The van der Waals surface area contributed by atoms with Crippen LogP contribution in [0.5, 0.6) is 0 Å². The van der Waals surface area contributed by atoms with E-state index in [0.29, 0.717) is 17.6 Å². The van der Waals surface area contributed by atoms with Crippen molar-refractivity contribution in [2.45, 2.75) is 33.2 Å². The number of carbonyl (C=O) groups excluding carboxylic acids is 1. The van der Waals surface area contributed by atoms with Crippen molar-refractivity contribution >= 4 is 5.78 Å². The van der Waals surface area contributed by atoms with Crippen molar-refractivity contribution < 1.29 is 4.79 Å². The molecule has 0 bridgehead atoms. The molecule has 0 aromatic rings. The molecule has 1 rings (SSSR count). The van der Waals surface area contributed by atoms with Crippen LogP contribution in [0.15, 0.2) is 0 Å². The normalized spacial score (nSPS) is 37.2. The second-order valence-electron chi connectivity index (χ2n) is 4.04. The van der Waals surface area contributed by atoms with Crippen LogP contribution in [0.2, 0.25) is 0 Å². The lowest BCUT2D eigenvalue weighted by Gasteiger charge is -2.21. The molecule has 12 heavy (non-hydrogen) atoms. The molecule has 0 spiro atoms. The Balaban J connectivity index is 2.75. The van der Waals surface area contributed by atoms with Gasteiger partial charge in [0, 0.05) is 6.54 Å². The van der Waals surface area contributed by atoms with E-state index in [-0.39, 0.29) is 6.04 Å². The quantitative estimate of drug-likeness (QED) is 0.625. The van der Waals surface area contributed by atoms with Crippen molar-refractivity contribution in [3.05, 3.63) is 0 Å². The second-order valence-corrected chi connectivity index (χ2v) is 4.04. The van der Waals surface area contributed by atoms with Gasteiger partial charge in [-0.2, -0.15) is 0 Å². The predicted octanol–water partition coefficient (Wildman–Crippen LogP) is 1.55. The van der Waals surface area contributed by atoms with Gasteiger partial charge < -0.3 is 0 Å². The lowest BCUT2D eigenvalue weighted by Crippen LogP contribution is -2.35. The fraction of sp³-hybridized carbons (Fsp3) is 0.900. The SMILES string of the molecule is CCC1C(C)CN(C)C1C(C)=O. The van der Waals surface area contributed by atoms with Gasteiger partial charge in [0.2, 0.25) is 0 Å². The highest BCUT2D eigenvalue weighted by atomic mass is 16.1. The Labute approximate surface area is 74.9 Å². The van der Waals surface area contributed by atoms with Crippen molar-refractivity contribution in [3.8, 4) is 0 Å². The summed E-state index contributed by atoms with van der Waals surface area (Å²) in [7, 11) is 2.05. The fourth-order valence-electron chi connectivity index (χ4n) is 2.58. The molecule has 70 valence electrons. The second kappa shape index (κ2) is 3.56. The molecule has 0 aromatic heterocycles. The molecule has 0 radical (unpaired) electrons. The van der Waals surface area contributed by atoms with Gasteiger partial charge in [-0.3, -0.25) is 9.69 Å². The van der Waals surface area contributed by atoms with E-state index in [1.165, 1.54) is 0 Å². The molecular formula is C10H19NO. The number of carbonyl (C=O) groups is 1. The molecule has 3 atom stereocenters.